The lowest BCUT2D eigenvalue weighted by Gasteiger charge is -2.07. The van der Waals surface area contributed by atoms with Gasteiger partial charge in [-0.15, -0.1) is 0 Å². The molecule has 0 bridgehead atoms. The zero-order valence-corrected chi connectivity index (χ0v) is 11.4. The molecule has 128 valence electrons. The van der Waals surface area contributed by atoms with Gasteiger partial charge in [0.1, 0.15) is 6.04 Å². The number of carboxylic acid groups (broad SMARTS) is 3. The molecule has 10 N–H and O–H groups in total. The van der Waals surface area contributed by atoms with Gasteiger partial charge in [0.25, 0.3) is 0 Å². The zero-order valence-electron chi connectivity index (χ0n) is 11.4. The number of carboxylic acids is 3. The first-order chi connectivity index (χ1) is 10.0. The number of nitrogens with one attached hydrogen (secondary N) is 1. The van der Waals surface area contributed by atoms with Crippen LogP contribution in [0.5, 0.6) is 0 Å². The molecule has 0 aliphatic carbocycles. The lowest BCUT2D eigenvalue weighted by molar-refractivity contribution is -0.165. The van der Waals surface area contributed by atoms with Crippen molar-refractivity contribution in [2.24, 2.45) is 11.5 Å². The predicted octanol–water partition coefficient (Wildman–Crippen LogP) is -3.28. The maximum Gasteiger partial charge on any atom is 0.335 e. The van der Waals surface area contributed by atoms with Gasteiger partial charge in [-0.2, -0.15) is 0 Å². The van der Waals surface area contributed by atoms with Gasteiger partial charge >= 0.3 is 23.9 Å². The molecule has 0 fully saturated rings. The van der Waals surface area contributed by atoms with E-state index in [2.05, 4.69) is 5.32 Å². The summed E-state index contributed by atoms with van der Waals surface area (Å²) in [5.41, 5.74) is 9.96. The highest BCUT2D eigenvalue weighted by Crippen LogP contribution is 1.93. The molecule has 0 aromatic rings. The number of nitrogens with two attached hydrogens (primary N) is 2. The number of carbonyl (C=O) groups is 4. The van der Waals surface area contributed by atoms with Crippen molar-refractivity contribution in [2.45, 2.75) is 31.1 Å². The maximum atomic E-state index is 10.2. The van der Waals surface area contributed by atoms with Crippen LogP contribution in [0.3, 0.4) is 0 Å². The Morgan fingerprint density at radius 1 is 0.909 bits per heavy atom. The Morgan fingerprint density at radius 3 is 1.59 bits per heavy atom. The number of urea groups is 1. The molecule has 0 spiro atoms. The summed E-state index contributed by atoms with van der Waals surface area (Å²) in [4.78, 5) is 39.9. The van der Waals surface area contributed by atoms with E-state index in [-0.39, 0.29) is 0 Å². The van der Waals surface area contributed by atoms with E-state index in [4.69, 9.17) is 37.0 Å². The topological polar surface area (TPSA) is 233 Å². The largest absolute Gasteiger partial charge is 0.480 e. The minimum absolute atomic E-state index is 0.329. The lowest BCUT2D eigenvalue weighted by Crippen LogP contribution is -2.39. The number of aliphatic carboxylic acids is 3. The standard InChI is InChI=1S/C6H13N3O3.C4H6O6/c7-4(5(10)11)2-1-3-9-6(8)12;5-1(3(7)8)2(6)4(9)10/h4H,1-3,7H2,(H,10,11)(H3,8,9,12);1-2,5-6H,(H,7,8)(H,9,10)/t4-;/m0./s1. The molecule has 0 radical (unpaired) electrons. The van der Waals surface area contributed by atoms with Gasteiger partial charge in [-0.05, 0) is 12.8 Å². The van der Waals surface area contributed by atoms with Crippen LogP contribution >= 0.6 is 0 Å². The van der Waals surface area contributed by atoms with Gasteiger partial charge in [0.2, 0.25) is 0 Å². The van der Waals surface area contributed by atoms with Crippen molar-refractivity contribution in [1.29, 1.82) is 0 Å². The molecule has 0 saturated heterocycles. The first-order valence-corrected chi connectivity index (χ1v) is 5.84. The van der Waals surface area contributed by atoms with Crippen molar-refractivity contribution >= 4 is 23.9 Å². The van der Waals surface area contributed by atoms with Crippen LogP contribution in [-0.4, -0.2) is 74.3 Å². The van der Waals surface area contributed by atoms with Gasteiger partial charge in [0, 0.05) is 6.54 Å². The number of aliphatic hydroxyl groups is 2. The summed E-state index contributed by atoms with van der Waals surface area (Å²) in [7, 11) is 0. The van der Waals surface area contributed by atoms with Gasteiger partial charge in [0.15, 0.2) is 12.2 Å². The van der Waals surface area contributed by atoms with Crippen molar-refractivity contribution in [2.75, 3.05) is 6.54 Å². The van der Waals surface area contributed by atoms with Crippen LogP contribution in [0.15, 0.2) is 0 Å². The van der Waals surface area contributed by atoms with Crippen molar-refractivity contribution < 1.29 is 44.7 Å². The Balaban J connectivity index is 0. The van der Waals surface area contributed by atoms with Crippen LogP contribution in [-0.2, 0) is 14.4 Å². The third kappa shape index (κ3) is 11.4. The minimum atomic E-state index is -2.27. The molecule has 12 heteroatoms. The molecule has 2 amide bonds. The van der Waals surface area contributed by atoms with E-state index in [0.29, 0.717) is 19.4 Å². The summed E-state index contributed by atoms with van der Waals surface area (Å²) in [6.45, 7) is 0.357. The van der Waals surface area contributed by atoms with Crippen molar-refractivity contribution in [3.05, 3.63) is 0 Å². The highest BCUT2D eigenvalue weighted by Gasteiger charge is 2.29. The maximum absolute atomic E-state index is 10.2. The van der Waals surface area contributed by atoms with Gasteiger partial charge in [-0.1, -0.05) is 0 Å². The smallest absolute Gasteiger partial charge is 0.335 e. The molecular weight excluding hydrogens is 306 g/mol. The molecule has 0 aromatic heterocycles. The fourth-order valence-corrected chi connectivity index (χ4v) is 0.927. The molecule has 0 aliphatic rings. The molecular formula is C10H19N3O9. The summed E-state index contributed by atoms with van der Waals surface area (Å²) in [6.07, 6.45) is -3.69. The Hall–Kier alpha value is -2.44. The minimum Gasteiger partial charge on any atom is -0.480 e. The monoisotopic (exact) mass is 325 g/mol. The van der Waals surface area contributed by atoms with Crippen molar-refractivity contribution in [3.63, 3.8) is 0 Å². The summed E-state index contributed by atoms with van der Waals surface area (Å²) in [5, 5.41) is 43.2. The first kappa shape index (κ1) is 21.9. The molecule has 22 heavy (non-hydrogen) atoms. The summed E-state index contributed by atoms with van der Waals surface area (Å²) < 4.78 is 0. The van der Waals surface area contributed by atoms with Crippen molar-refractivity contribution in [3.8, 4) is 0 Å². The summed E-state index contributed by atoms with van der Waals surface area (Å²) in [5.74, 6) is -4.57. The number of hydrogen-bond acceptors (Lipinski definition) is 7. The lowest BCUT2D eigenvalue weighted by atomic mass is 10.2. The Labute approximate surface area is 124 Å². The third-order valence-electron chi connectivity index (χ3n) is 2.11. The van der Waals surface area contributed by atoms with Gasteiger partial charge in [-0.25, -0.2) is 14.4 Å². The second-order valence-corrected chi connectivity index (χ2v) is 3.94. The molecule has 0 heterocycles. The van der Waals surface area contributed by atoms with Crippen LogP contribution in [0.2, 0.25) is 0 Å². The molecule has 2 unspecified atom stereocenters. The molecule has 0 saturated carbocycles. The van der Waals surface area contributed by atoms with E-state index in [1.54, 1.807) is 0 Å². The van der Waals surface area contributed by atoms with E-state index < -0.39 is 42.2 Å². The van der Waals surface area contributed by atoms with E-state index in [1.807, 2.05) is 0 Å². The molecule has 3 atom stereocenters. The van der Waals surface area contributed by atoms with Crippen LogP contribution in [0.4, 0.5) is 4.79 Å². The molecule has 0 rings (SSSR count). The second kappa shape index (κ2) is 11.2. The Bertz CT molecular complexity index is 383. The quantitative estimate of drug-likeness (QED) is 0.207. The number of amides is 2. The summed E-state index contributed by atoms with van der Waals surface area (Å²) >= 11 is 0. The van der Waals surface area contributed by atoms with E-state index in [0.717, 1.165) is 0 Å². The fraction of sp³-hybridized carbons (Fsp3) is 0.600. The first-order valence-electron chi connectivity index (χ1n) is 5.84. The number of carbonyl (C=O) groups excluding carboxylic acids is 1. The number of primary amides is 1. The van der Waals surface area contributed by atoms with Crippen LogP contribution in [0.1, 0.15) is 12.8 Å². The average molecular weight is 325 g/mol. The van der Waals surface area contributed by atoms with E-state index in [1.165, 1.54) is 0 Å². The van der Waals surface area contributed by atoms with Crippen LogP contribution in [0.25, 0.3) is 0 Å². The molecule has 0 aliphatic heterocycles. The van der Waals surface area contributed by atoms with E-state index >= 15 is 0 Å². The number of rotatable bonds is 8. The van der Waals surface area contributed by atoms with Crippen LogP contribution < -0.4 is 16.8 Å². The number of hydrogen-bond donors (Lipinski definition) is 8. The third-order valence-corrected chi connectivity index (χ3v) is 2.11. The predicted molar refractivity (Wildman–Crippen MR) is 69.7 cm³/mol. The van der Waals surface area contributed by atoms with Gasteiger partial charge in [0.05, 0.1) is 0 Å². The second-order valence-electron chi connectivity index (χ2n) is 3.94. The summed E-state index contributed by atoms with van der Waals surface area (Å²) in [6, 6.07) is -1.47. The van der Waals surface area contributed by atoms with Gasteiger partial charge in [-0.3, -0.25) is 4.79 Å². The average Bonchev–Trinajstić information content (AvgIpc) is 2.41. The van der Waals surface area contributed by atoms with E-state index in [9.17, 15) is 19.2 Å². The number of aliphatic hydroxyl groups excluding tert-OH is 2. The normalized spacial score (nSPS) is 13.8. The van der Waals surface area contributed by atoms with Crippen LogP contribution in [0, 0.1) is 0 Å². The highest BCUT2D eigenvalue weighted by atomic mass is 16.4. The van der Waals surface area contributed by atoms with Crippen molar-refractivity contribution in [1.82, 2.24) is 5.32 Å². The molecule has 12 nitrogen and oxygen atoms in total. The Morgan fingerprint density at radius 2 is 1.32 bits per heavy atom. The Kier molecular flexibility index (Phi) is 11.2. The highest BCUT2D eigenvalue weighted by molar-refractivity contribution is 5.83. The SMILES string of the molecule is NC(=O)NCCC[C@H](N)C(=O)O.O=C(O)C(O)C(O)C(=O)O. The molecule has 0 aromatic carbocycles. The van der Waals surface area contributed by atoms with Gasteiger partial charge < -0.3 is 42.3 Å². The zero-order chi connectivity index (χ0) is 17.9. The fourth-order valence-electron chi connectivity index (χ4n) is 0.927.